The summed E-state index contributed by atoms with van der Waals surface area (Å²) in [5.41, 5.74) is 3.56. The van der Waals surface area contributed by atoms with Crippen LogP contribution in [0.25, 0.3) is 0 Å². The summed E-state index contributed by atoms with van der Waals surface area (Å²) in [7, 11) is 0. The number of furan rings is 1. The van der Waals surface area contributed by atoms with E-state index in [1.807, 2.05) is 0 Å². The second-order valence-corrected chi connectivity index (χ2v) is 5.31. The van der Waals surface area contributed by atoms with E-state index in [0.717, 1.165) is 5.56 Å². The molecule has 1 amide bonds. The van der Waals surface area contributed by atoms with E-state index in [-0.39, 0.29) is 12.5 Å². The maximum absolute atomic E-state index is 12.0. The molecule has 0 aliphatic carbocycles. The molecule has 1 atom stereocenters. The molecular weight excluding hydrogens is 266 g/mol. The maximum Gasteiger partial charge on any atom is 0.220 e. The third kappa shape index (κ3) is 4.46. The molecule has 21 heavy (non-hydrogen) atoms. The molecule has 0 fully saturated rings. The molecular formula is C17H21NO3. The molecule has 1 aromatic carbocycles. The highest BCUT2D eigenvalue weighted by atomic mass is 16.3. The van der Waals surface area contributed by atoms with Gasteiger partial charge in [0.25, 0.3) is 0 Å². The molecule has 1 unspecified atom stereocenters. The maximum atomic E-state index is 12.0. The first-order valence-electron chi connectivity index (χ1n) is 7.09. The molecule has 2 rings (SSSR count). The van der Waals surface area contributed by atoms with Crippen LogP contribution in [0.2, 0.25) is 0 Å². The third-order valence-electron chi connectivity index (χ3n) is 3.33. The van der Waals surface area contributed by atoms with Crippen molar-refractivity contribution in [3.05, 3.63) is 59.0 Å². The van der Waals surface area contributed by atoms with Crippen molar-refractivity contribution >= 4 is 5.91 Å². The minimum atomic E-state index is -0.480. The van der Waals surface area contributed by atoms with Crippen molar-refractivity contribution in [1.29, 1.82) is 0 Å². The Morgan fingerprint density at radius 1 is 1.29 bits per heavy atom. The monoisotopic (exact) mass is 287 g/mol. The predicted molar refractivity (Wildman–Crippen MR) is 80.9 cm³/mol. The van der Waals surface area contributed by atoms with Crippen LogP contribution in [-0.4, -0.2) is 17.6 Å². The highest BCUT2D eigenvalue weighted by Crippen LogP contribution is 2.14. The van der Waals surface area contributed by atoms with Crippen molar-refractivity contribution in [1.82, 2.24) is 5.32 Å². The normalized spacial score (nSPS) is 12.1. The number of hydrogen-bond acceptors (Lipinski definition) is 3. The van der Waals surface area contributed by atoms with E-state index < -0.39 is 6.04 Å². The zero-order valence-corrected chi connectivity index (χ0v) is 12.4. The molecule has 0 spiro atoms. The summed E-state index contributed by atoms with van der Waals surface area (Å²) < 4.78 is 5.21. The Labute approximate surface area is 124 Å². The fourth-order valence-electron chi connectivity index (χ4n) is 2.43. The van der Waals surface area contributed by atoms with E-state index in [9.17, 15) is 9.90 Å². The lowest BCUT2D eigenvalue weighted by atomic mass is 10.0. The summed E-state index contributed by atoms with van der Waals surface area (Å²) in [5.74, 6) is 0.474. The molecule has 1 heterocycles. The van der Waals surface area contributed by atoms with Gasteiger partial charge in [0.05, 0.1) is 12.9 Å². The molecule has 4 heteroatoms. The minimum absolute atomic E-state index is 0.0930. The van der Waals surface area contributed by atoms with Gasteiger partial charge >= 0.3 is 0 Å². The van der Waals surface area contributed by atoms with Crippen molar-refractivity contribution in [3.8, 4) is 0 Å². The van der Waals surface area contributed by atoms with Crippen LogP contribution in [0.4, 0.5) is 0 Å². The first-order chi connectivity index (χ1) is 10.1. The smallest absolute Gasteiger partial charge is 0.220 e. The minimum Gasteiger partial charge on any atom is -0.467 e. The third-order valence-corrected chi connectivity index (χ3v) is 3.33. The molecule has 0 bridgehead atoms. The number of aryl methyl sites for hydroxylation is 3. The lowest BCUT2D eigenvalue weighted by molar-refractivity contribution is -0.122. The van der Waals surface area contributed by atoms with Crippen LogP contribution in [0, 0.1) is 13.8 Å². The van der Waals surface area contributed by atoms with Crippen molar-refractivity contribution in [2.75, 3.05) is 6.61 Å². The summed E-state index contributed by atoms with van der Waals surface area (Å²) >= 11 is 0. The molecule has 2 N–H and O–H groups in total. The molecule has 1 aromatic heterocycles. The van der Waals surface area contributed by atoms with Crippen LogP contribution in [0.5, 0.6) is 0 Å². The van der Waals surface area contributed by atoms with E-state index in [1.54, 1.807) is 12.1 Å². The Morgan fingerprint density at radius 2 is 2.00 bits per heavy atom. The second-order valence-electron chi connectivity index (χ2n) is 5.31. The van der Waals surface area contributed by atoms with Gasteiger partial charge in [-0.05, 0) is 38.0 Å². The Hall–Kier alpha value is -2.07. The quantitative estimate of drug-likeness (QED) is 0.858. The first kappa shape index (κ1) is 15.3. The van der Waals surface area contributed by atoms with Crippen molar-refractivity contribution in [3.63, 3.8) is 0 Å². The van der Waals surface area contributed by atoms with Gasteiger partial charge in [-0.3, -0.25) is 4.79 Å². The number of hydrogen-bond donors (Lipinski definition) is 2. The van der Waals surface area contributed by atoms with Crippen LogP contribution in [0.3, 0.4) is 0 Å². The van der Waals surface area contributed by atoms with Gasteiger partial charge in [0.2, 0.25) is 5.91 Å². The Kier molecular flexibility index (Phi) is 5.17. The fourth-order valence-corrected chi connectivity index (χ4v) is 2.43. The van der Waals surface area contributed by atoms with E-state index >= 15 is 0 Å². The van der Waals surface area contributed by atoms with Crippen LogP contribution >= 0.6 is 0 Å². The molecule has 0 saturated carbocycles. The molecule has 0 saturated heterocycles. The Morgan fingerprint density at radius 3 is 2.57 bits per heavy atom. The summed E-state index contributed by atoms with van der Waals surface area (Å²) in [6, 6.07) is 9.30. The fraction of sp³-hybridized carbons (Fsp3) is 0.353. The lowest BCUT2D eigenvalue weighted by Gasteiger charge is -2.14. The second kappa shape index (κ2) is 7.09. The average Bonchev–Trinajstić information content (AvgIpc) is 2.95. The highest BCUT2D eigenvalue weighted by Gasteiger charge is 2.15. The summed E-state index contributed by atoms with van der Waals surface area (Å²) in [5, 5.41) is 12.1. The number of amides is 1. The summed E-state index contributed by atoms with van der Waals surface area (Å²) in [6.45, 7) is 3.92. The van der Waals surface area contributed by atoms with Crippen molar-refractivity contribution < 1.29 is 14.3 Å². The van der Waals surface area contributed by atoms with Crippen molar-refractivity contribution in [2.45, 2.75) is 32.7 Å². The van der Waals surface area contributed by atoms with Gasteiger partial charge in [0.15, 0.2) is 0 Å². The van der Waals surface area contributed by atoms with Crippen LogP contribution < -0.4 is 5.32 Å². The van der Waals surface area contributed by atoms with E-state index in [0.29, 0.717) is 18.6 Å². The SMILES string of the molecule is Cc1cc(C)cc(CCC(=O)NC(CO)c2ccco2)c1. The van der Waals surface area contributed by atoms with E-state index in [1.165, 1.54) is 17.4 Å². The summed E-state index contributed by atoms with van der Waals surface area (Å²) in [4.78, 5) is 12.0. The number of carbonyl (C=O) groups excluding carboxylic acids is 1. The van der Waals surface area contributed by atoms with Gasteiger partial charge in [-0.2, -0.15) is 0 Å². The van der Waals surface area contributed by atoms with Crippen LogP contribution in [-0.2, 0) is 11.2 Å². The zero-order chi connectivity index (χ0) is 15.2. The van der Waals surface area contributed by atoms with Gasteiger partial charge in [-0.15, -0.1) is 0 Å². The van der Waals surface area contributed by atoms with Crippen molar-refractivity contribution in [2.24, 2.45) is 0 Å². The summed E-state index contributed by atoms with van der Waals surface area (Å²) in [6.07, 6.45) is 2.60. The molecule has 112 valence electrons. The van der Waals surface area contributed by atoms with Crippen LogP contribution in [0.1, 0.15) is 34.9 Å². The zero-order valence-electron chi connectivity index (χ0n) is 12.4. The largest absolute Gasteiger partial charge is 0.467 e. The molecule has 2 aromatic rings. The topological polar surface area (TPSA) is 62.5 Å². The number of aliphatic hydroxyl groups is 1. The van der Waals surface area contributed by atoms with Gasteiger partial charge in [-0.25, -0.2) is 0 Å². The lowest BCUT2D eigenvalue weighted by Crippen LogP contribution is -2.30. The van der Waals surface area contributed by atoms with Gasteiger partial charge in [0.1, 0.15) is 11.8 Å². The van der Waals surface area contributed by atoms with Crippen LogP contribution in [0.15, 0.2) is 41.0 Å². The first-order valence-corrected chi connectivity index (χ1v) is 7.09. The average molecular weight is 287 g/mol. The predicted octanol–water partition coefficient (Wildman–Crippen LogP) is 2.68. The number of aliphatic hydroxyl groups excluding tert-OH is 1. The molecule has 4 nitrogen and oxygen atoms in total. The molecule has 0 aliphatic heterocycles. The number of nitrogens with one attached hydrogen (secondary N) is 1. The Balaban J connectivity index is 1.89. The van der Waals surface area contributed by atoms with E-state index in [2.05, 4.69) is 37.4 Å². The van der Waals surface area contributed by atoms with E-state index in [4.69, 9.17) is 4.42 Å². The number of rotatable bonds is 6. The molecule has 0 aliphatic rings. The van der Waals surface area contributed by atoms with Gasteiger partial charge in [0, 0.05) is 6.42 Å². The number of benzene rings is 1. The molecule has 0 radical (unpaired) electrons. The standard InChI is InChI=1S/C17H21NO3/c1-12-8-13(2)10-14(9-12)5-6-17(20)18-15(11-19)16-4-3-7-21-16/h3-4,7-10,15,19H,5-6,11H2,1-2H3,(H,18,20). The Bertz CT molecular complexity index is 570. The van der Waals surface area contributed by atoms with Gasteiger partial charge < -0.3 is 14.8 Å². The highest BCUT2D eigenvalue weighted by molar-refractivity contribution is 5.76. The van der Waals surface area contributed by atoms with Gasteiger partial charge in [-0.1, -0.05) is 29.3 Å². The number of carbonyl (C=O) groups is 1.